The van der Waals surface area contributed by atoms with E-state index in [1.807, 2.05) is 13.8 Å². The van der Waals surface area contributed by atoms with Crippen LogP contribution in [0.4, 0.5) is 0 Å². The predicted octanol–water partition coefficient (Wildman–Crippen LogP) is 3.98. The first-order valence-corrected chi connectivity index (χ1v) is 10.6. The number of aromatic nitrogens is 2. The minimum Gasteiger partial charge on any atom is -0.507 e. The Morgan fingerprint density at radius 1 is 0.788 bits per heavy atom. The molecule has 4 N–H and O–H groups in total. The van der Waals surface area contributed by atoms with Crippen molar-refractivity contribution in [1.82, 2.24) is 9.97 Å². The molecule has 0 bridgehead atoms. The van der Waals surface area contributed by atoms with Crippen LogP contribution in [-0.2, 0) is 0 Å². The van der Waals surface area contributed by atoms with E-state index >= 15 is 0 Å². The van der Waals surface area contributed by atoms with E-state index < -0.39 is 17.0 Å². The Morgan fingerprint density at radius 2 is 1.21 bits per heavy atom. The second-order valence-corrected chi connectivity index (χ2v) is 8.38. The van der Waals surface area contributed by atoms with E-state index in [-0.39, 0.29) is 28.5 Å². The van der Waals surface area contributed by atoms with Crippen LogP contribution in [0, 0.1) is 5.92 Å². The van der Waals surface area contributed by atoms with Gasteiger partial charge in [0.1, 0.15) is 23.0 Å². The zero-order valence-corrected chi connectivity index (χ0v) is 18.9. The summed E-state index contributed by atoms with van der Waals surface area (Å²) in [6.45, 7) is 3.88. The standard InChI is InChI=1S/C25H26N2O6/c1-12(2)11-15(18-22(28)13-7-5-9-16(32-3)20(13)26-24(18)30)19-23(29)14-8-6-10-17(33-4)21(14)27-25(19)31/h5-10,12,15H,11H2,1-4H3,(H2,26,28,30)(H2,27,29,31). The summed E-state index contributed by atoms with van der Waals surface area (Å²) in [5.41, 5.74) is -0.355. The molecule has 0 amide bonds. The van der Waals surface area contributed by atoms with Crippen LogP contribution in [0.15, 0.2) is 46.0 Å². The molecule has 4 rings (SSSR count). The lowest BCUT2D eigenvalue weighted by atomic mass is 9.83. The molecule has 0 saturated heterocycles. The monoisotopic (exact) mass is 450 g/mol. The summed E-state index contributed by atoms with van der Waals surface area (Å²) in [5, 5.41) is 23.1. The maximum atomic E-state index is 13.2. The molecular weight excluding hydrogens is 424 g/mol. The average Bonchev–Trinajstić information content (AvgIpc) is 2.78. The van der Waals surface area contributed by atoms with Crippen molar-refractivity contribution in [3.63, 3.8) is 0 Å². The summed E-state index contributed by atoms with van der Waals surface area (Å²) in [7, 11) is 2.95. The van der Waals surface area contributed by atoms with Crippen LogP contribution in [0.25, 0.3) is 21.8 Å². The molecule has 0 saturated carbocycles. The Labute approximate surface area is 189 Å². The van der Waals surface area contributed by atoms with Crippen LogP contribution in [0.2, 0.25) is 0 Å². The summed E-state index contributed by atoms with van der Waals surface area (Å²) in [4.78, 5) is 32.0. The van der Waals surface area contributed by atoms with Gasteiger partial charge < -0.3 is 29.7 Å². The molecule has 33 heavy (non-hydrogen) atoms. The van der Waals surface area contributed by atoms with Crippen LogP contribution >= 0.6 is 0 Å². The highest BCUT2D eigenvalue weighted by Crippen LogP contribution is 2.42. The number of H-pyrrole nitrogens is 2. The molecule has 172 valence electrons. The van der Waals surface area contributed by atoms with Gasteiger partial charge in [-0.2, -0.15) is 0 Å². The fourth-order valence-electron chi connectivity index (χ4n) is 4.42. The first-order valence-electron chi connectivity index (χ1n) is 10.6. The molecule has 0 unspecified atom stereocenters. The van der Waals surface area contributed by atoms with E-state index in [4.69, 9.17) is 9.47 Å². The lowest BCUT2D eigenvalue weighted by Crippen LogP contribution is -2.25. The van der Waals surface area contributed by atoms with E-state index in [9.17, 15) is 19.8 Å². The fraction of sp³-hybridized carbons (Fsp3) is 0.280. The van der Waals surface area contributed by atoms with Gasteiger partial charge in [0.05, 0.1) is 36.4 Å². The van der Waals surface area contributed by atoms with Crippen molar-refractivity contribution in [2.75, 3.05) is 14.2 Å². The number of nitrogens with one attached hydrogen (secondary N) is 2. The number of rotatable bonds is 6. The molecule has 2 aromatic carbocycles. The molecule has 0 spiro atoms. The largest absolute Gasteiger partial charge is 0.507 e. The van der Waals surface area contributed by atoms with Gasteiger partial charge in [0.25, 0.3) is 11.1 Å². The highest BCUT2D eigenvalue weighted by Gasteiger charge is 2.30. The molecule has 2 heterocycles. The Hall–Kier alpha value is -3.94. The van der Waals surface area contributed by atoms with Crippen molar-refractivity contribution < 1.29 is 19.7 Å². The molecule has 0 aliphatic rings. The smallest absolute Gasteiger partial charge is 0.256 e. The highest BCUT2D eigenvalue weighted by molar-refractivity contribution is 5.92. The molecule has 8 heteroatoms. The number of ether oxygens (including phenoxy) is 2. The van der Waals surface area contributed by atoms with Crippen LogP contribution in [-0.4, -0.2) is 34.4 Å². The van der Waals surface area contributed by atoms with Crippen LogP contribution in [0.5, 0.6) is 23.0 Å². The lowest BCUT2D eigenvalue weighted by Gasteiger charge is -2.22. The normalized spacial score (nSPS) is 11.6. The molecular formula is C25H26N2O6. The van der Waals surface area contributed by atoms with Crippen LogP contribution < -0.4 is 20.6 Å². The SMILES string of the molecule is COc1cccc2c(O)c(C(CC(C)C)c3c(O)c4cccc(OC)c4[nH]c3=O)c(=O)[nH]c12. The lowest BCUT2D eigenvalue weighted by molar-refractivity contribution is 0.417. The summed E-state index contributed by atoms with van der Waals surface area (Å²) < 4.78 is 10.6. The third kappa shape index (κ3) is 3.67. The van der Waals surface area contributed by atoms with E-state index in [0.717, 1.165) is 0 Å². The Kier molecular flexibility index (Phi) is 5.76. The Balaban J connectivity index is 2.06. The van der Waals surface area contributed by atoms with Gasteiger partial charge in [0.15, 0.2) is 0 Å². The summed E-state index contributed by atoms with van der Waals surface area (Å²) in [6, 6.07) is 10.1. The van der Waals surface area contributed by atoms with Gasteiger partial charge in [0, 0.05) is 16.7 Å². The minimum atomic E-state index is -0.858. The Bertz CT molecular complexity index is 1360. The van der Waals surface area contributed by atoms with Gasteiger partial charge in [-0.05, 0) is 36.6 Å². The number of hydrogen-bond acceptors (Lipinski definition) is 6. The average molecular weight is 450 g/mol. The second-order valence-electron chi connectivity index (χ2n) is 8.38. The van der Waals surface area contributed by atoms with E-state index in [1.54, 1.807) is 36.4 Å². The zero-order valence-electron chi connectivity index (χ0n) is 18.9. The molecule has 0 radical (unpaired) electrons. The number of aromatic amines is 2. The van der Waals surface area contributed by atoms with Gasteiger partial charge in [-0.25, -0.2) is 0 Å². The van der Waals surface area contributed by atoms with Gasteiger partial charge in [-0.15, -0.1) is 0 Å². The number of fused-ring (bicyclic) bond motifs is 2. The molecule has 0 atom stereocenters. The molecule has 8 nitrogen and oxygen atoms in total. The van der Waals surface area contributed by atoms with Crippen LogP contribution in [0.3, 0.4) is 0 Å². The van der Waals surface area contributed by atoms with E-state index in [0.29, 0.717) is 39.7 Å². The maximum Gasteiger partial charge on any atom is 0.256 e. The number of methoxy groups -OCH3 is 2. The summed E-state index contributed by atoms with van der Waals surface area (Å²) >= 11 is 0. The van der Waals surface area contributed by atoms with E-state index in [1.165, 1.54) is 14.2 Å². The van der Waals surface area contributed by atoms with Crippen molar-refractivity contribution in [1.29, 1.82) is 0 Å². The maximum absolute atomic E-state index is 13.2. The fourth-order valence-corrected chi connectivity index (χ4v) is 4.42. The van der Waals surface area contributed by atoms with Gasteiger partial charge in [0.2, 0.25) is 0 Å². The third-order valence-corrected chi connectivity index (χ3v) is 5.88. The zero-order chi connectivity index (χ0) is 23.9. The van der Waals surface area contributed by atoms with Crippen LogP contribution in [0.1, 0.15) is 37.3 Å². The van der Waals surface area contributed by atoms with Gasteiger partial charge in [-0.1, -0.05) is 26.0 Å². The van der Waals surface area contributed by atoms with Gasteiger partial charge >= 0.3 is 0 Å². The summed E-state index contributed by atoms with van der Waals surface area (Å²) in [6.07, 6.45) is 0.345. The van der Waals surface area contributed by atoms with Crippen molar-refractivity contribution in [3.8, 4) is 23.0 Å². The molecule has 0 fully saturated rings. The quantitative estimate of drug-likeness (QED) is 0.352. The topological polar surface area (TPSA) is 125 Å². The molecule has 0 aliphatic heterocycles. The number of hydrogen-bond donors (Lipinski definition) is 4. The van der Waals surface area contributed by atoms with Crippen molar-refractivity contribution in [2.45, 2.75) is 26.2 Å². The Morgan fingerprint density at radius 3 is 1.58 bits per heavy atom. The highest BCUT2D eigenvalue weighted by atomic mass is 16.5. The number of pyridine rings is 2. The third-order valence-electron chi connectivity index (χ3n) is 5.88. The van der Waals surface area contributed by atoms with E-state index in [2.05, 4.69) is 9.97 Å². The first-order chi connectivity index (χ1) is 15.8. The number of aromatic hydroxyl groups is 2. The molecule has 2 aromatic heterocycles. The first kappa shape index (κ1) is 22.3. The summed E-state index contributed by atoms with van der Waals surface area (Å²) in [5.74, 6) is -0.486. The molecule has 4 aromatic rings. The number of para-hydroxylation sites is 2. The molecule has 0 aliphatic carbocycles. The van der Waals surface area contributed by atoms with Crippen molar-refractivity contribution in [3.05, 3.63) is 68.2 Å². The van der Waals surface area contributed by atoms with Crippen molar-refractivity contribution in [2.24, 2.45) is 5.92 Å². The second kappa shape index (κ2) is 8.54. The number of benzene rings is 2. The minimum absolute atomic E-state index is 0.0208. The van der Waals surface area contributed by atoms with Gasteiger partial charge in [-0.3, -0.25) is 9.59 Å². The predicted molar refractivity (Wildman–Crippen MR) is 127 cm³/mol. The van der Waals surface area contributed by atoms with Crippen molar-refractivity contribution >= 4 is 21.8 Å².